The number of likely N-dealkylation sites (tertiary alicyclic amines) is 1. The van der Waals surface area contributed by atoms with Crippen LogP contribution in [0.4, 0.5) is 0 Å². The van der Waals surface area contributed by atoms with Crippen LogP contribution >= 0.6 is 0 Å². The number of benzene rings is 1. The molecule has 1 aromatic carbocycles. The first-order valence-corrected chi connectivity index (χ1v) is 14.3. The lowest BCUT2D eigenvalue weighted by Gasteiger charge is -2.41. The van der Waals surface area contributed by atoms with E-state index in [1.54, 1.807) is 7.11 Å². The average molecular weight is 406 g/mol. The fourth-order valence-corrected chi connectivity index (χ4v) is 5.68. The minimum absolute atomic E-state index is 0.0605. The number of rotatable bonds is 11. The van der Waals surface area contributed by atoms with Gasteiger partial charge in [-0.3, -0.25) is 4.79 Å². The summed E-state index contributed by atoms with van der Waals surface area (Å²) < 4.78 is 12.2. The molecule has 0 saturated carbocycles. The molecule has 1 heterocycles. The molecule has 1 aliphatic rings. The monoisotopic (exact) mass is 405 g/mol. The fraction of sp³-hybridized carbons (Fsp3) is 0.696. The Morgan fingerprint density at radius 3 is 2.39 bits per heavy atom. The van der Waals surface area contributed by atoms with Gasteiger partial charge in [-0.15, -0.1) is 0 Å². The maximum absolute atomic E-state index is 13.3. The van der Waals surface area contributed by atoms with E-state index in [9.17, 15) is 4.79 Å². The minimum Gasteiger partial charge on any atom is -0.413 e. The summed E-state index contributed by atoms with van der Waals surface area (Å²) in [5.74, 6) is 0.603. The van der Waals surface area contributed by atoms with Crippen LogP contribution < -0.4 is 0 Å². The number of unbranched alkanes of at least 4 members (excludes halogenated alkanes) is 1. The fourth-order valence-electron chi connectivity index (χ4n) is 4.47. The smallest absolute Gasteiger partial charge is 0.223 e. The van der Waals surface area contributed by atoms with Crippen molar-refractivity contribution in [2.75, 3.05) is 13.7 Å². The molecule has 0 unspecified atom stereocenters. The molecule has 0 aromatic heterocycles. The lowest BCUT2D eigenvalue weighted by atomic mass is 9.89. The molecule has 0 aliphatic carbocycles. The first-order chi connectivity index (χ1) is 13.3. The third-order valence-electron chi connectivity index (χ3n) is 5.59. The first-order valence-electron chi connectivity index (χ1n) is 10.8. The SMILES string of the molecule is CCCC[C@@H]1CC(=O)N([C@@H](COC)c2ccccc2)[C@H]1[C@@H](CC)O[Si](C)(C)C. The zero-order chi connectivity index (χ0) is 20.7. The second-order valence-electron chi connectivity index (χ2n) is 8.96. The van der Waals surface area contributed by atoms with E-state index in [0.29, 0.717) is 18.9 Å². The van der Waals surface area contributed by atoms with Crippen LogP contribution in [0.1, 0.15) is 57.6 Å². The highest BCUT2D eigenvalue weighted by molar-refractivity contribution is 6.69. The zero-order valence-electron chi connectivity index (χ0n) is 18.6. The number of amides is 1. The van der Waals surface area contributed by atoms with E-state index in [-0.39, 0.29) is 24.1 Å². The largest absolute Gasteiger partial charge is 0.413 e. The molecule has 0 spiro atoms. The van der Waals surface area contributed by atoms with E-state index < -0.39 is 8.32 Å². The summed E-state index contributed by atoms with van der Waals surface area (Å²) in [6, 6.07) is 10.4. The molecule has 1 amide bonds. The van der Waals surface area contributed by atoms with Crippen molar-refractivity contribution in [1.82, 2.24) is 4.90 Å². The van der Waals surface area contributed by atoms with Gasteiger partial charge in [-0.25, -0.2) is 0 Å². The molecule has 28 heavy (non-hydrogen) atoms. The summed E-state index contributed by atoms with van der Waals surface area (Å²) in [6.45, 7) is 11.6. The van der Waals surface area contributed by atoms with E-state index >= 15 is 0 Å². The Labute approximate surface area is 172 Å². The maximum atomic E-state index is 13.3. The molecule has 5 heteroatoms. The Morgan fingerprint density at radius 2 is 1.86 bits per heavy atom. The molecule has 2 rings (SSSR count). The summed E-state index contributed by atoms with van der Waals surface area (Å²) in [6.07, 6.45) is 5.04. The van der Waals surface area contributed by atoms with E-state index in [2.05, 4.69) is 50.5 Å². The van der Waals surface area contributed by atoms with Crippen molar-refractivity contribution in [3.63, 3.8) is 0 Å². The van der Waals surface area contributed by atoms with Crippen molar-refractivity contribution >= 4 is 14.2 Å². The van der Waals surface area contributed by atoms with Crippen LogP contribution in [-0.2, 0) is 14.0 Å². The summed E-state index contributed by atoms with van der Waals surface area (Å²) >= 11 is 0. The molecule has 1 fully saturated rings. The third kappa shape index (κ3) is 5.91. The van der Waals surface area contributed by atoms with Gasteiger partial charge >= 0.3 is 0 Å². The lowest BCUT2D eigenvalue weighted by Crippen LogP contribution is -2.50. The number of carbonyl (C=O) groups is 1. The number of carbonyl (C=O) groups excluding carboxylic acids is 1. The normalized spacial score (nSPS) is 22.5. The Kier molecular flexibility index (Phi) is 8.72. The highest BCUT2D eigenvalue weighted by atomic mass is 28.4. The summed E-state index contributed by atoms with van der Waals surface area (Å²) in [4.78, 5) is 15.4. The molecule has 1 aliphatic heterocycles. The third-order valence-corrected chi connectivity index (χ3v) is 6.60. The van der Waals surface area contributed by atoms with Crippen molar-refractivity contribution in [2.24, 2.45) is 5.92 Å². The molecule has 158 valence electrons. The summed E-state index contributed by atoms with van der Waals surface area (Å²) in [7, 11) is -0.00485. The predicted octanol–water partition coefficient (Wildman–Crippen LogP) is 5.41. The van der Waals surface area contributed by atoms with Crippen LogP contribution in [0.15, 0.2) is 30.3 Å². The minimum atomic E-state index is -1.72. The van der Waals surface area contributed by atoms with Crippen LogP contribution in [0.3, 0.4) is 0 Å². The Balaban J connectivity index is 2.42. The Hall–Kier alpha value is -1.17. The predicted molar refractivity (Wildman–Crippen MR) is 118 cm³/mol. The number of nitrogens with zero attached hydrogens (tertiary/aromatic N) is 1. The van der Waals surface area contributed by atoms with Gasteiger partial charge in [0.1, 0.15) is 0 Å². The van der Waals surface area contributed by atoms with E-state index in [1.807, 2.05) is 18.2 Å². The van der Waals surface area contributed by atoms with Gasteiger partial charge in [-0.1, -0.05) is 57.0 Å². The van der Waals surface area contributed by atoms with Crippen LogP contribution in [0.25, 0.3) is 0 Å². The van der Waals surface area contributed by atoms with Crippen molar-refractivity contribution in [2.45, 2.75) is 83.8 Å². The maximum Gasteiger partial charge on any atom is 0.223 e. The van der Waals surface area contributed by atoms with Crippen LogP contribution in [0.2, 0.25) is 19.6 Å². The van der Waals surface area contributed by atoms with Gasteiger partial charge in [0.2, 0.25) is 5.91 Å². The van der Waals surface area contributed by atoms with E-state index in [0.717, 1.165) is 31.2 Å². The molecule has 0 bridgehead atoms. The van der Waals surface area contributed by atoms with Gasteiger partial charge in [0.25, 0.3) is 0 Å². The number of hydrogen-bond acceptors (Lipinski definition) is 3. The van der Waals surface area contributed by atoms with E-state index in [4.69, 9.17) is 9.16 Å². The van der Waals surface area contributed by atoms with Gasteiger partial charge in [-0.05, 0) is 44.0 Å². The van der Waals surface area contributed by atoms with Crippen molar-refractivity contribution in [1.29, 1.82) is 0 Å². The van der Waals surface area contributed by atoms with Gasteiger partial charge in [0, 0.05) is 13.5 Å². The lowest BCUT2D eigenvalue weighted by molar-refractivity contribution is -0.134. The topological polar surface area (TPSA) is 38.8 Å². The number of ether oxygens (including phenoxy) is 1. The molecule has 1 saturated heterocycles. The first kappa shape index (κ1) is 23.1. The van der Waals surface area contributed by atoms with Gasteiger partial charge in [0.15, 0.2) is 8.32 Å². The van der Waals surface area contributed by atoms with Gasteiger partial charge in [0.05, 0.1) is 24.8 Å². The molecule has 1 aromatic rings. The standard InChI is InChI=1S/C23H39NO3Si/c1-7-9-13-19-16-22(25)24(23(19)21(8-2)27-28(4,5)6)20(17-26-3)18-14-11-10-12-15-18/h10-12,14-15,19-21,23H,7-9,13,16-17H2,1-6H3/t19-,20+,21-,23-/m1/s1. The molecular formula is C23H39NO3Si. The molecule has 0 N–H and O–H groups in total. The summed E-state index contributed by atoms with van der Waals surface area (Å²) in [5, 5.41) is 0. The molecule has 0 radical (unpaired) electrons. The average Bonchev–Trinajstić information content (AvgIpc) is 2.98. The molecular weight excluding hydrogens is 366 g/mol. The zero-order valence-corrected chi connectivity index (χ0v) is 19.6. The van der Waals surface area contributed by atoms with E-state index in [1.165, 1.54) is 0 Å². The van der Waals surface area contributed by atoms with Crippen LogP contribution in [-0.4, -0.2) is 45.0 Å². The Morgan fingerprint density at radius 1 is 1.18 bits per heavy atom. The molecule has 4 atom stereocenters. The second-order valence-corrected chi connectivity index (χ2v) is 13.4. The number of methoxy groups -OCH3 is 1. The quantitative estimate of drug-likeness (QED) is 0.462. The van der Waals surface area contributed by atoms with Crippen molar-refractivity contribution in [3.05, 3.63) is 35.9 Å². The van der Waals surface area contributed by atoms with Crippen LogP contribution in [0, 0.1) is 5.92 Å². The van der Waals surface area contributed by atoms with Crippen molar-refractivity contribution in [3.8, 4) is 0 Å². The van der Waals surface area contributed by atoms with Crippen LogP contribution in [0.5, 0.6) is 0 Å². The molecule has 4 nitrogen and oxygen atoms in total. The second kappa shape index (κ2) is 10.6. The Bertz CT molecular complexity index is 602. The van der Waals surface area contributed by atoms with Gasteiger partial charge in [-0.2, -0.15) is 0 Å². The van der Waals surface area contributed by atoms with Gasteiger partial charge < -0.3 is 14.1 Å². The highest BCUT2D eigenvalue weighted by Gasteiger charge is 2.47. The van der Waals surface area contributed by atoms with Crippen molar-refractivity contribution < 1.29 is 14.0 Å². The summed E-state index contributed by atoms with van der Waals surface area (Å²) in [5.41, 5.74) is 1.14. The highest BCUT2D eigenvalue weighted by Crippen LogP contribution is 2.40. The number of hydrogen-bond donors (Lipinski definition) is 0.